The van der Waals surface area contributed by atoms with Crippen LogP contribution < -0.4 is 5.32 Å². The molecule has 4 aromatic carbocycles. The summed E-state index contributed by atoms with van der Waals surface area (Å²) in [4.78, 5) is 51.8. The SMILES string of the molecule is O=C(Nc1ccccc1)O[C@@H]1[C@H](OC(=O)c2ccccc2)O[C@@H](COC(=O)c2ccccc2)[C@H]1OC(=O)c1ccccc1. The molecule has 4 aromatic rings. The maximum absolute atomic E-state index is 13.1. The largest absolute Gasteiger partial charge is 0.459 e. The van der Waals surface area contributed by atoms with Crippen molar-refractivity contribution < 1.29 is 42.9 Å². The van der Waals surface area contributed by atoms with E-state index in [2.05, 4.69) is 5.32 Å². The van der Waals surface area contributed by atoms with Crippen LogP contribution in [0, 0.1) is 0 Å². The van der Waals surface area contributed by atoms with Crippen molar-refractivity contribution in [2.24, 2.45) is 0 Å². The van der Waals surface area contributed by atoms with Crippen molar-refractivity contribution >= 4 is 29.7 Å². The standard InChI is InChI=1S/C33H27NO9/c35-29(22-13-5-1-6-14-22)39-21-26-27(41-30(36)23-15-7-2-8-16-23)28(42-33(38)34-25-19-11-4-12-20-25)32(40-26)43-31(37)24-17-9-3-10-18-24/h1-20,26-28,32H,21H2,(H,34,38)/t26-,27+,28-,32-/m0/s1. The molecule has 10 heteroatoms. The van der Waals surface area contributed by atoms with Gasteiger partial charge in [-0.25, -0.2) is 19.2 Å². The van der Waals surface area contributed by atoms with Gasteiger partial charge in [-0.2, -0.15) is 0 Å². The summed E-state index contributed by atoms with van der Waals surface area (Å²) in [6.45, 7) is -0.403. The minimum Gasteiger partial charge on any atom is -0.459 e. The second-order valence-electron chi connectivity index (χ2n) is 9.38. The van der Waals surface area contributed by atoms with Gasteiger partial charge in [0.2, 0.25) is 12.4 Å². The monoisotopic (exact) mass is 581 g/mol. The predicted molar refractivity (Wildman–Crippen MR) is 153 cm³/mol. The second-order valence-corrected chi connectivity index (χ2v) is 9.38. The first-order valence-corrected chi connectivity index (χ1v) is 13.4. The molecule has 0 unspecified atom stereocenters. The van der Waals surface area contributed by atoms with Crippen molar-refractivity contribution in [3.63, 3.8) is 0 Å². The highest BCUT2D eigenvalue weighted by Gasteiger charge is 2.52. The van der Waals surface area contributed by atoms with E-state index in [1.807, 2.05) is 0 Å². The Morgan fingerprint density at radius 3 is 1.56 bits per heavy atom. The Balaban J connectivity index is 1.41. The summed E-state index contributed by atoms with van der Waals surface area (Å²) in [7, 11) is 0. The molecule has 43 heavy (non-hydrogen) atoms. The summed E-state index contributed by atoms with van der Waals surface area (Å²) in [6, 6.07) is 33.1. The predicted octanol–water partition coefficient (Wildman–Crippen LogP) is 5.27. The lowest BCUT2D eigenvalue weighted by atomic mass is 10.1. The van der Waals surface area contributed by atoms with Crippen LogP contribution in [0.1, 0.15) is 31.1 Å². The van der Waals surface area contributed by atoms with Gasteiger partial charge in [-0.3, -0.25) is 5.32 Å². The Hall–Kier alpha value is -5.48. The molecule has 218 valence electrons. The third kappa shape index (κ3) is 7.63. The molecule has 1 heterocycles. The fourth-order valence-electron chi connectivity index (χ4n) is 4.31. The van der Waals surface area contributed by atoms with E-state index >= 15 is 0 Å². The minimum absolute atomic E-state index is 0.218. The zero-order valence-electron chi connectivity index (χ0n) is 22.7. The van der Waals surface area contributed by atoms with E-state index in [9.17, 15) is 19.2 Å². The highest BCUT2D eigenvalue weighted by atomic mass is 16.8. The van der Waals surface area contributed by atoms with E-state index in [1.165, 1.54) is 0 Å². The Morgan fingerprint density at radius 2 is 1.02 bits per heavy atom. The van der Waals surface area contributed by atoms with E-state index in [-0.39, 0.29) is 11.1 Å². The fraction of sp³-hybridized carbons (Fsp3) is 0.152. The van der Waals surface area contributed by atoms with Crippen LogP contribution in [0.4, 0.5) is 10.5 Å². The summed E-state index contributed by atoms with van der Waals surface area (Å²) < 4.78 is 28.5. The van der Waals surface area contributed by atoms with Crippen LogP contribution in [0.15, 0.2) is 121 Å². The summed E-state index contributed by atoms with van der Waals surface area (Å²) in [5.41, 5.74) is 1.17. The number of para-hydroxylation sites is 1. The number of nitrogens with one attached hydrogen (secondary N) is 1. The Labute approximate surface area is 247 Å². The van der Waals surface area contributed by atoms with E-state index in [1.54, 1.807) is 121 Å². The van der Waals surface area contributed by atoms with Crippen molar-refractivity contribution in [2.45, 2.75) is 24.6 Å². The first-order chi connectivity index (χ1) is 21.0. The molecule has 4 atom stereocenters. The topological polar surface area (TPSA) is 126 Å². The second kappa shape index (κ2) is 13.9. The number of hydrogen-bond acceptors (Lipinski definition) is 9. The molecule has 10 nitrogen and oxygen atoms in total. The number of carbonyl (C=O) groups excluding carboxylic acids is 4. The third-order valence-electron chi connectivity index (χ3n) is 6.40. The Bertz CT molecular complexity index is 1530. The number of benzene rings is 4. The van der Waals surface area contributed by atoms with Gasteiger partial charge in [0, 0.05) is 5.69 Å². The number of esters is 3. The average molecular weight is 582 g/mol. The van der Waals surface area contributed by atoms with Crippen LogP contribution in [0.2, 0.25) is 0 Å². The van der Waals surface area contributed by atoms with Crippen molar-refractivity contribution in [3.05, 3.63) is 138 Å². The number of ether oxygens (including phenoxy) is 5. The van der Waals surface area contributed by atoms with Gasteiger partial charge in [0.05, 0.1) is 16.7 Å². The molecule has 1 aliphatic rings. The average Bonchev–Trinajstić information content (AvgIpc) is 3.35. The molecule has 0 saturated carbocycles. The highest BCUT2D eigenvalue weighted by Crippen LogP contribution is 2.30. The summed E-state index contributed by atoms with van der Waals surface area (Å²) >= 11 is 0. The van der Waals surface area contributed by atoms with E-state index in [0.717, 1.165) is 0 Å². The fourth-order valence-corrected chi connectivity index (χ4v) is 4.31. The molecule has 1 fully saturated rings. The lowest BCUT2D eigenvalue weighted by molar-refractivity contribution is -0.139. The van der Waals surface area contributed by atoms with Crippen molar-refractivity contribution in [3.8, 4) is 0 Å². The van der Waals surface area contributed by atoms with Gasteiger partial charge >= 0.3 is 24.0 Å². The summed E-state index contributed by atoms with van der Waals surface area (Å²) in [5, 5.41) is 2.58. The molecular formula is C33H27NO9. The van der Waals surface area contributed by atoms with Gasteiger partial charge in [-0.15, -0.1) is 0 Å². The molecule has 1 amide bonds. The maximum atomic E-state index is 13.1. The first kappa shape index (κ1) is 29.0. The zero-order chi connectivity index (χ0) is 30.0. The van der Waals surface area contributed by atoms with Crippen LogP contribution >= 0.6 is 0 Å². The van der Waals surface area contributed by atoms with Gasteiger partial charge < -0.3 is 23.7 Å². The first-order valence-electron chi connectivity index (χ1n) is 13.4. The molecule has 1 saturated heterocycles. The lowest BCUT2D eigenvalue weighted by Crippen LogP contribution is -2.43. The van der Waals surface area contributed by atoms with Crippen molar-refractivity contribution in [1.82, 2.24) is 0 Å². The van der Waals surface area contributed by atoms with Crippen LogP contribution in [0.25, 0.3) is 0 Å². The minimum atomic E-state index is -1.51. The van der Waals surface area contributed by atoms with Gasteiger partial charge in [0.15, 0.2) is 6.10 Å². The van der Waals surface area contributed by atoms with Gasteiger partial charge in [-0.1, -0.05) is 72.8 Å². The number of anilines is 1. The molecule has 0 aromatic heterocycles. The molecule has 1 N–H and O–H groups in total. The maximum Gasteiger partial charge on any atom is 0.412 e. The number of amides is 1. The molecular weight excluding hydrogens is 554 g/mol. The van der Waals surface area contributed by atoms with E-state index in [0.29, 0.717) is 11.3 Å². The molecule has 5 rings (SSSR count). The van der Waals surface area contributed by atoms with E-state index in [4.69, 9.17) is 23.7 Å². The van der Waals surface area contributed by atoms with Gasteiger partial charge in [-0.05, 0) is 48.5 Å². The zero-order valence-corrected chi connectivity index (χ0v) is 22.7. The normalized spacial score (nSPS) is 19.1. The molecule has 0 radical (unpaired) electrons. The smallest absolute Gasteiger partial charge is 0.412 e. The van der Waals surface area contributed by atoms with Crippen molar-refractivity contribution in [2.75, 3.05) is 11.9 Å². The van der Waals surface area contributed by atoms with Crippen LogP contribution in [-0.4, -0.2) is 55.2 Å². The third-order valence-corrected chi connectivity index (χ3v) is 6.40. The molecule has 0 aliphatic carbocycles. The van der Waals surface area contributed by atoms with E-state index < -0.39 is 55.2 Å². The van der Waals surface area contributed by atoms with Crippen LogP contribution in [0.3, 0.4) is 0 Å². The highest BCUT2D eigenvalue weighted by molar-refractivity contribution is 5.91. The number of rotatable bonds is 9. The van der Waals surface area contributed by atoms with Crippen LogP contribution in [-0.2, 0) is 23.7 Å². The molecule has 0 bridgehead atoms. The summed E-state index contributed by atoms with van der Waals surface area (Å²) in [5.74, 6) is -2.17. The van der Waals surface area contributed by atoms with Crippen molar-refractivity contribution in [1.29, 1.82) is 0 Å². The Kier molecular flexibility index (Phi) is 9.40. The Morgan fingerprint density at radius 1 is 0.558 bits per heavy atom. The van der Waals surface area contributed by atoms with Crippen LogP contribution in [0.5, 0.6) is 0 Å². The lowest BCUT2D eigenvalue weighted by Gasteiger charge is -2.24. The van der Waals surface area contributed by atoms with Gasteiger partial charge in [0.25, 0.3) is 0 Å². The summed E-state index contributed by atoms with van der Waals surface area (Å²) in [6.07, 6.45) is -6.34. The molecule has 1 aliphatic heterocycles. The number of carbonyl (C=O) groups is 4. The quantitative estimate of drug-likeness (QED) is 0.208. The molecule has 0 spiro atoms. The number of hydrogen-bond donors (Lipinski definition) is 1. The van der Waals surface area contributed by atoms with Gasteiger partial charge in [0.1, 0.15) is 12.7 Å².